The Labute approximate surface area is 204 Å². The van der Waals surface area contributed by atoms with Crippen LogP contribution in [-0.4, -0.2) is 25.9 Å². The molecule has 1 aliphatic carbocycles. The molecule has 3 rings (SSSR count). The van der Waals surface area contributed by atoms with Gasteiger partial charge in [-0.2, -0.15) is 5.26 Å². The first kappa shape index (κ1) is 26.8. The monoisotopic (exact) mass is 463 g/mol. The van der Waals surface area contributed by atoms with Gasteiger partial charge in [0.05, 0.1) is 25.4 Å². The number of nitrogens with zero attached hydrogens (tertiary/aromatic N) is 1. The summed E-state index contributed by atoms with van der Waals surface area (Å²) in [5, 5.41) is 16.3. The van der Waals surface area contributed by atoms with Crippen LogP contribution in [0.25, 0.3) is 11.6 Å². The molecule has 1 saturated carbocycles. The third-order valence-corrected chi connectivity index (χ3v) is 5.53. The van der Waals surface area contributed by atoms with Crippen molar-refractivity contribution in [2.75, 3.05) is 24.4 Å². The number of anilines is 2. The first-order valence-electron chi connectivity index (χ1n) is 12.2. The molecule has 0 unspecified atom stereocenters. The van der Waals surface area contributed by atoms with Crippen LogP contribution in [0.2, 0.25) is 0 Å². The average molecular weight is 464 g/mol. The van der Waals surface area contributed by atoms with Crippen molar-refractivity contribution in [2.45, 2.75) is 65.3 Å². The second-order valence-electron chi connectivity index (χ2n) is 7.95. The molecule has 6 nitrogen and oxygen atoms in total. The van der Waals surface area contributed by atoms with Crippen LogP contribution >= 0.6 is 0 Å². The summed E-state index contributed by atoms with van der Waals surface area (Å²) < 4.78 is 10.6. The van der Waals surface area contributed by atoms with E-state index < -0.39 is 6.09 Å². The van der Waals surface area contributed by atoms with Crippen molar-refractivity contribution < 1.29 is 14.3 Å². The number of unbranched alkanes of at least 4 members (excludes halogenated alkanes) is 1. The van der Waals surface area contributed by atoms with Crippen LogP contribution < -0.4 is 15.4 Å². The highest BCUT2D eigenvalue weighted by Gasteiger charge is 2.18. The Morgan fingerprint density at radius 1 is 1.18 bits per heavy atom. The Morgan fingerprint density at radius 2 is 1.94 bits per heavy atom. The molecule has 6 heteroatoms. The number of ether oxygens (including phenoxy) is 2. The maximum atomic E-state index is 11.9. The Morgan fingerprint density at radius 3 is 2.62 bits per heavy atom. The van der Waals surface area contributed by atoms with Crippen LogP contribution in [0.5, 0.6) is 5.75 Å². The number of methoxy groups -OCH3 is 1. The predicted molar refractivity (Wildman–Crippen MR) is 140 cm³/mol. The zero-order valence-electron chi connectivity index (χ0n) is 20.8. The van der Waals surface area contributed by atoms with Crippen LogP contribution in [0.4, 0.5) is 16.2 Å². The van der Waals surface area contributed by atoms with Gasteiger partial charge in [0.25, 0.3) is 0 Å². The SMILES string of the molecule is CC.CCCCOC(=O)Nc1cccc(/C=C(\C#N)c2ccc(OC)cc2NC2CCCC2)c1. The fourth-order valence-electron chi connectivity index (χ4n) is 3.80. The summed E-state index contributed by atoms with van der Waals surface area (Å²) in [7, 11) is 1.64. The van der Waals surface area contributed by atoms with Gasteiger partial charge in [-0.3, -0.25) is 5.32 Å². The highest BCUT2D eigenvalue weighted by Crippen LogP contribution is 2.32. The Kier molecular flexibility index (Phi) is 11.5. The largest absolute Gasteiger partial charge is 0.497 e. The summed E-state index contributed by atoms with van der Waals surface area (Å²) in [4.78, 5) is 11.9. The number of nitrogens with one attached hydrogen (secondary N) is 2. The molecule has 0 aromatic heterocycles. The van der Waals surface area contributed by atoms with E-state index in [0.29, 0.717) is 23.9 Å². The van der Waals surface area contributed by atoms with Crippen LogP contribution in [0.15, 0.2) is 42.5 Å². The summed E-state index contributed by atoms with van der Waals surface area (Å²) in [6.45, 7) is 6.44. The lowest BCUT2D eigenvalue weighted by molar-refractivity contribution is 0.160. The lowest BCUT2D eigenvalue weighted by atomic mass is 10.0. The second kappa shape index (κ2) is 14.6. The number of hydrogen-bond donors (Lipinski definition) is 2. The van der Waals surface area contributed by atoms with Gasteiger partial charge in [-0.25, -0.2) is 4.79 Å². The number of nitriles is 1. The molecule has 34 heavy (non-hydrogen) atoms. The van der Waals surface area contributed by atoms with Crippen molar-refractivity contribution in [2.24, 2.45) is 0 Å². The van der Waals surface area contributed by atoms with Crippen LogP contribution in [0, 0.1) is 11.3 Å². The number of carbonyl (C=O) groups excluding carboxylic acids is 1. The number of allylic oxidation sites excluding steroid dienone is 1. The molecule has 182 valence electrons. The highest BCUT2D eigenvalue weighted by atomic mass is 16.5. The van der Waals surface area contributed by atoms with E-state index in [2.05, 4.69) is 16.7 Å². The van der Waals surface area contributed by atoms with E-state index >= 15 is 0 Å². The minimum atomic E-state index is -0.474. The van der Waals surface area contributed by atoms with E-state index in [0.717, 1.165) is 48.2 Å². The molecule has 0 saturated heterocycles. The number of carbonyl (C=O) groups is 1. The molecular formula is C28H37N3O3. The van der Waals surface area contributed by atoms with E-state index in [4.69, 9.17) is 9.47 Å². The van der Waals surface area contributed by atoms with E-state index in [9.17, 15) is 10.1 Å². The van der Waals surface area contributed by atoms with Crippen molar-refractivity contribution in [3.63, 3.8) is 0 Å². The molecule has 0 radical (unpaired) electrons. The van der Waals surface area contributed by atoms with Crippen molar-refractivity contribution in [3.05, 3.63) is 53.6 Å². The number of benzene rings is 2. The van der Waals surface area contributed by atoms with Crippen LogP contribution in [-0.2, 0) is 4.74 Å². The maximum absolute atomic E-state index is 11.9. The summed E-state index contributed by atoms with van der Waals surface area (Å²) in [5.41, 5.74) is 3.71. The zero-order chi connectivity index (χ0) is 24.8. The highest BCUT2D eigenvalue weighted by molar-refractivity contribution is 5.95. The van der Waals surface area contributed by atoms with E-state index in [1.807, 2.05) is 63.2 Å². The number of hydrogen-bond acceptors (Lipinski definition) is 5. The molecule has 2 aromatic rings. The quantitative estimate of drug-likeness (QED) is 0.229. The average Bonchev–Trinajstić information content (AvgIpc) is 3.37. The van der Waals surface area contributed by atoms with Gasteiger partial charge in [0.15, 0.2) is 0 Å². The summed E-state index contributed by atoms with van der Waals surface area (Å²) in [6.07, 6.45) is 7.85. The summed E-state index contributed by atoms with van der Waals surface area (Å²) >= 11 is 0. The molecule has 0 aliphatic heterocycles. The third kappa shape index (κ3) is 8.15. The topological polar surface area (TPSA) is 83.4 Å². The van der Waals surface area contributed by atoms with Gasteiger partial charge >= 0.3 is 6.09 Å². The summed E-state index contributed by atoms with van der Waals surface area (Å²) in [5.74, 6) is 0.749. The predicted octanol–water partition coefficient (Wildman–Crippen LogP) is 7.49. The molecule has 0 heterocycles. The zero-order valence-corrected chi connectivity index (χ0v) is 20.8. The third-order valence-electron chi connectivity index (χ3n) is 5.53. The normalized spacial score (nSPS) is 13.3. The lowest BCUT2D eigenvalue weighted by Crippen LogP contribution is -2.15. The molecular weight excluding hydrogens is 426 g/mol. The van der Waals surface area contributed by atoms with Gasteiger partial charge < -0.3 is 14.8 Å². The molecule has 0 atom stereocenters. The van der Waals surface area contributed by atoms with Crippen LogP contribution in [0.3, 0.4) is 0 Å². The molecule has 2 aromatic carbocycles. The standard InChI is InChI=1S/C26H31N3O3.C2H6/c1-3-4-14-32-26(30)29-22-11-7-8-19(16-22)15-20(18-27)24-13-12-23(31-2)17-25(24)28-21-9-5-6-10-21;1-2/h7-8,11-13,15-17,21,28H,3-6,9-10,14H2,1-2H3,(H,29,30);1-2H3/b20-15+;. The van der Waals surface area contributed by atoms with Gasteiger partial charge in [0.1, 0.15) is 5.75 Å². The van der Waals surface area contributed by atoms with Gasteiger partial charge in [-0.15, -0.1) is 0 Å². The van der Waals surface area contributed by atoms with Crippen molar-refractivity contribution in [1.29, 1.82) is 5.26 Å². The van der Waals surface area contributed by atoms with Crippen LogP contribution in [0.1, 0.15) is 70.4 Å². The Hall–Kier alpha value is -3.46. The van der Waals surface area contributed by atoms with Gasteiger partial charge in [0, 0.05) is 29.0 Å². The lowest BCUT2D eigenvalue weighted by Gasteiger charge is -2.18. The second-order valence-corrected chi connectivity index (χ2v) is 7.95. The van der Waals surface area contributed by atoms with Gasteiger partial charge in [-0.1, -0.05) is 52.2 Å². The molecule has 2 N–H and O–H groups in total. The van der Waals surface area contributed by atoms with Crippen molar-refractivity contribution >= 4 is 29.1 Å². The minimum absolute atomic E-state index is 0.398. The minimum Gasteiger partial charge on any atom is -0.497 e. The maximum Gasteiger partial charge on any atom is 0.411 e. The fourth-order valence-corrected chi connectivity index (χ4v) is 3.80. The van der Waals surface area contributed by atoms with E-state index in [1.54, 1.807) is 13.2 Å². The van der Waals surface area contributed by atoms with Crippen molar-refractivity contribution in [3.8, 4) is 11.8 Å². The van der Waals surface area contributed by atoms with E-state index in [-0.39, 0.29) is 0 Å². The Balaban J connectivity index is 0.00000199. The van der Waals surface area contributed by atoms with Crippen molar-refractivity contribution in [1.82, 2.24) is 0 Å². The molecule has 0 bridgehead atoms. The molecule has 1 amide bonds. The first-order valence-corrected chi connectivity index (χ1v) is 12.2. The number of rotatable bonds is 9. The molecule has 0 spiro atoms. The summed E-state index contributed by atoms with van der Waals surface area (Å²) in [6, 6.07) is 15.8. The fraction of sp³-hybridized carbons (Fsp3) is 0.429. The molecule has 1 aliphatic rings. The Bertz CT molecular complexity index is 989. The number of amides is 1. The molecule has 1 fully saturated rings. The first-order chi connectivity index (χ1) is 16.6. The van der Waals surface area contributed by atoms with Gasteiger partial charge in [0.2, 0.25) is 0 Å². The smallest absolute Gasteiger partial charge is 0.411 e. The van der Waals surface area contributed by atoms with Gasteiger partial charge in [-0.05, 0) is 55.2 Å². The van der Waals surface area contributed by atoms with E-state index in [1.165, 1.54) is 12.8 Å².